The standard InChI is InChI=1S/C26H35FN4O5S.ClH/c1-6-18(16-7-9-17(27)10-8-16)22(32)31-25-20(26(35)36-5)15(4)21(37-25)24(34)30-12-11-29-23(33)19(28)13-14(2)3;/h7-10,14,18-19H,6,11-13,28H2,1-5H3,(H,29,33)(H,30,34)(H,31,32);1H/t18?,19-;/m0./s1. The Bertz CT molecular complexity index is 1120. The van der Waals surface area contributed by atoms with Crippen LogP contribution in [0.5, 0.6) is 0 Å². The third kappa shape index (κ3) is 8.78. The number of ether oxygens (including phenoxy) is 1. The van der Waals surface area contributed by atoms with Gasteiger partial charge in [0, 0.05) is 13.1 Å². The lowest BCUT2D eigenvalue weighted by atomic mass is 9.95. The van der Waals surface area contributed by atoms with E-state index in [2.05, 4.69) is 16.0 Å². The van der Waals surface area contributed by atoms with Crippen molar-refractivity contribution < 1.29 is 28.3 Å². The molecule has 1 unspecified atom stereocenters. The summed E-state index contributed by atoms with van der Waals surface area (Å²) in [4.78, 5) is 50.7. The molecular formula is C26H36ClFN4O5S. The van der Waals surface area contributed by atoms with Crippen molar-refractivity contribution in [1.29, 1.82) is 0 Å². The number of nitrogens with two attached hydrogens (primary N) is 1. The first-order chi connectivity index (χ1) is 17.5. The average Bonchev–Trinajstić information content (AvgIpc) is 3.17. The molecule has 3 amide bonds. The molecular weight excluding hydrogens is 535 g/mol. The molecule has 5 N–H and O–H groups in total. The highest BCUT2D eigenvalue weighted by molar-refractivity contribution is 7.18. The van der Waals surface area contributed by atoms with Gasteiger partial charge < -0.3 is 26.4 Å². The molecule has 210 valence electrons. The molecule has 0 radical (unpaired) electrons. The van der Waals surface area contributed by atoms with Gasteiger partial charge in [-0.05, 0) is 48.9 Å². The summed E-state index contributed by atoms with van der Waals surface area (Å²) >= 11 is 0.956. The monoisotopic (exact) mass is 570 g/mol. The summed E-state index contributed by atoms with van der Waals surface area (Å²) in [6.45, 7) is 7.69. The number of benzene rings is 1. The molecule has 2 atom stereocenters. The summed E-state index contributed by atoms with van der Waals surface area (Å²) in [5.41, 5.74) is 6.94. The molecule has 0 bridgehead atoms. The van der Waals surface area contributed by atoms with Gasteiger partial charge in [-0.2, -0.15) is 0 Å². The maximum atomic E-state index is 13.3. The van der Waals surface area contributed by atoms with Crippen LogP contribution in [0.4, 0.5) is 9.39 Å². The number of methoxy groups -OCH3 is 1. The van der Waals surface area contributed by atoms with Gasteiger partial charge in [0.25, 0.3) is 5.91 Å². The van der Waals surface area contributed by atoms with E-state index in [1.165, 1.54) is 31.4 Å². The van der Waals surface area contributed by atoms with Crippen LogP contribution < -0.4 is 21.7 Å². The number of nitrogens with one attached hydrogen (secondary N) is 3. The smallest absolute Gasteiger partial charge is 0.341 e. The number of thiophene rings is 1. The van der Waals surface area contributed by atoms with Crippen LogP contribution in [0.3, 0.4) is 0 Å². The van der Waals surface area contributed by atoms with E-state index in [0.717, 1.165) is 11.3 Å². The van der Waals surface area contributed by atoms with E-state index >= 15 is 0 Å². The molecule has 38 heavy (non-hydrogen) atoms. The number of rotatable bonds is 12. The average molecular weight is 571 g/mol. The Hall–Kier alpha value is -3.02. The number of hydrogen-bond acceptors (Lipinski definition) is 7. The van der Waals surface area contributed by atoms with Crippen LogP contribution in [-0.2, 0) is 14.3 Å². The van der Waals surface area contributed by atoms with Gasteiger partial charge in [-0.25, -0.2) is 9.18 Å². The number of halogens is 2. The van der Waals surface area contributed by atoms with E-state index in [1.807, 2.05) is 20.8 Å². The predicted molar refractivity (Wildman–Crippen MR) is 148 cm³/mol. The molecule has 0 spiro atoms. The van der Waals surface area contributed by atoms with Crippen LogP contribution in [-0.4, -0.2) is 49.9 Å². The van der Waals surface area contributed by atoms with Crippen molar-refractivity contribution in [3.05, 3.63) is 51.7 Å². The molecule has 0 aliphatic carbocycles. The zero-order valence-corrected chi connectivity index (χ0v) is 23.8. The summed E-state index contributed by atoms with van der Waals surface area (Å²) in [6, 6.07) is 5.02. The maximum absolute atomic E-state index is 13.3. The fourth-order valence-electron chi connectivity index (χ4n) is 3.82. The SMILES string of the molecule is CCC(C(=O)Nc1sc(C(=O)NCCNC(=O)[C@@H](N)CC(C)C)c(C)c1C(=O)OC)c1ccc(F)cc1.Cl. The Balaban J connectivity index is 0.00000722. The first-order valence-electron chi connectivity index (χ1n) is 12.1. The third-order valence-electron chi connectivity index (χ3n) is 5.75. The fourth-order valence-corrected chi connectivity index (χ4v) is 4.93. The largest absolute Gasteiger partial charge is 0.465 e. The van der Waals surface area contributed by atoms with Crippen LogP contribution in [0.25, 0.3) is 0 Å². The Morgan fingerprint density at radius 2 is 1.66 bits per heavy atom. The predicted octanol–water partition coefficient (Wildman–Crippen LogP) is 3.76. The first-order valence-corrected chi connectivity index (χ1v) is 12.9. The van der Waals surface area contributed by atoms with Crippen molar-refractivity contribution in [1.82, 2.24) is 10.6 Å². The van der Waals surface area contributed by atoms with Crippen LogP contribution in [0.2, 0.25) is 0 Å². The van der Waals surface area contributed by atoms with Crippen molar-refractivity contribution >= 4 is 52.4 Å². The van der Waals surface area contributed by atoms with Crippen molar-refractivity contribution in [2.45, 2.75) is 52.5 Å². The maximum Gasteiger partial charge on any atom is 0.341 e. The highest BCUT2D eigenvalue weighted by Crippen LogP contribution is 2.35. The van der Waals surface area contributed by atoms with Gasteiger partial charge in [0.05, 0.1) is 29.5 Å². The summed E-state index contributed by atoms with van der Waals surface area (Å²) < 4.78 is 18.2. The van der Waals surface area contributed by atoms with E-state index in [9.17, 15) is 23.6 Å². The van der Waals surface area contributed by atoms with Crippen molar-refractivity contribution in [3.63, 3.8) is 0 Å². The topological polar surface area (TPSA) is 140 Å². The van der Waals surface area contributed by atoms with E-state index in [1.54, 1.807) is 6.92 Å². The minimum absolute atomic E-state index is 0. The highest BCUT2D eigenvalue weighted by atomic mass is 35.5. The summed E-state index contributed by atoms with van der Waals surface area (Å²) in [6.07, 6.45) is 0.993. The Morgan fingerprint density at radius 3 is 2.21 bits per heavy atom. The highest BCUT2D eigenvalue weighted by Gasteiger charge is 2.28. The second-order valence-electron chi connectivity index (χ2n) is 9.04. The van der Waals surface area contributed by atoms with Crippen molar-refractivity contribution in [2.75, 3.05) is 25.5 Å². The van der Waals surface area contributed by atoms with Gasteiger partial charge in [0.15, 0.2) is 0 Å². The zero-order chi connectivity index (χ0) is 27.7. The number of carbonyl (C=O) groups is 4. The van der Waals surface area contributed by atoms with Crippen molar-refractivity contribution in [3.8, 4) is 0 Å². The normalized spacial score (nSPS) is 12.2. The fraction of sp³-hybridized carbons (Fsp3) is 0.462. The number of carbonyl (C=O) groups excluding carboxylic acids is 4. The molecule has 0 fully saturated rings. The van der Waals surface area contributed by atoms with E-state index in [0.29, 0.717) is 24.0 Å². The second-order valence-corrected chi connectivity index (χ2v) is 10.1. The molecule has 0 aliphatic rings. The number of anilines is 1. The van der Waals surface area contributed by atoms with E-state index in [4.69, 9.17) is 10.5 Å². The number of amides is 3. The molecule has 1 aromatic heterocycles. The molecule has 1 heterocycles. The van der Waals surface area contributed by atoms with Gasteiger partial charge in [-0.15, -0.1) is 23.7 Å². The van der Waals surface area contributed by atoms with Gasteiger partial charge in [0.2, 0.25) is 11.8 Å². The first kappa shape index (κ1) is 33.0. The minimum Gasteiger partial charge on any atom is -0.465 e. The molecule has 2 rings (SSSR count). The quantitative estimate of drug-likeness (QED) is 0.226. The Kier molecular flexibility index (Phi) is 13.4. The van der Waals surface area contributed by atoms with Crippen molar-refractivity contribution in [2.24, 2.45) is 11.7 Å². The molecule has 2 aromatic rings. The van der Waals surface area contributed by atoms with Crippen LogP contribution in [0, 0.1) is 18.7 Å². The molecule has 0 saturated carbocycles. The minimum atomic E-state index is -0.690. The van der Waals surface area contributed by atoms with Gasteiger partial charge in [-0.1, -0.05) is 32.9 Å². The molecule has 12 heteroatoms. The van der Waals surface area contributed by atoms with Crippen LogP contribution in [0.1, 0.15) is 70.7 Å². The lowest BCUT2D eigenvalue weighted by Gasteiger charge is -2.15. The summed E-state index contributed by atoms with van der Waals surface area (Å²) in [5.74, 6) is -2.55. The summed E-state index contributed by atoms with van der Waals surface area (Å²) in [5, 5.41) is 8.33. The van der Waals surface area contributed by atoms with Gasteiger partial charge >= 0.3 is 5.97 Å². The van der Waals surface area contributed by atoms with Gasteiger partial charge in [0.1, 0.15) is 10.8 Å². The molecule has 0 aliphatic heterocycles. The lowest BCUT2D eigenvalue weighted by Crippen LogP contribution is -2.44. The second kappa shape index (κ2) is 15.4. The van der Waals surface area contributed by atoms with E-state index < -0.39 is 35.6 Å². The van der Waals surface area contributed by atoms with E-state index in [-0.39, 0.29) is 52.8 Å². The van der Waals surface area contributed by atoms with Gasteiger partial charge in [-0.3, -0.25) is 14.4 Å². The molecule has 1 aromatic carbocycles. The summed E-state index contributed by atoms with van der Waals surface area (Å²) in [7, 11) is 1.21. The number of esters is 1. The lowest BCUT2D eigenvalue weighted by molar-refractivity contribution is -0.122. The Morgan fingerprint density at radius 1 is 1.05 bits per heavy atom. The number of hydrogen-bond donors (Lipinski definition) is 4. The third-order valence-corrected chi connectivity index (χ3v) is 6.95. The van der Waals surface area contributed by atoms with Crippen LogP contribution >= 0.6 is 23.7 Å². The molecule has 9 nitrogen and oxygen atoms in total. The zero-order valence-electron chi connectivity index (χ0n) is 22.2. The molecule has 0 saturated heterocycles. The Labute approximate surface area is 232 Å². The van der Waals surface area contributed by atoms with Crippen LogP contribution in [0.15, 0.2) is 24.3 Å².